The Morgan fingerprint density at radius 2 is 1.47 bits per heavy atom. The monoisotopic (exact) mass is 496 g/mol. The van der Waals surface area contributed by atoms with Crippen molar-refractivity contribution in [2.75, 3.05) is 20.6 Å². The predicted molar refractivity (Wildman–Crippen MR) is 150 cm³/mol. The van der Waals surface area contributed by atoms with Crippen LogP contribution in [0.4, 0.5) is 0 Å². The molecular weight excluding hydrogens is 446 g/mol. The topological polar surface area (TPSA) is 35.5 Å². The van der Waals surface area contributed by atoms with E-state index in [-0.39, 0.29) is 5.97 Å². The van der Waals surface area contributed by atoms with Crippen LogP contribution >= 0.6 is 0 Å². The molecule has 1 atom stereocenters. The molecule has 0 saturated carbocycles. The summed E-state index contributed by atoms with van der Waals surface area (Å²) in [6.07, 6.45) is 12.3. The number of carbonyl (C=O) groups excluding carboxylic acids is 1. The van der Waals surface area contributed by atoms with Crippen LogP contribution in [0.25, 0.3) is 0 Å². The zero-order valence-corrected chi connectivity index (χ0v) is 23.3. The van der Waals surface area contributed by atoms with E-state index in [0.717, 1.165) is 49.0 Å². The number of ether oxygens (including phenoxy) is 2. The van der Waals surface area contributed by atoms with Crippen molar-refractivity contribution in [3.8, 4) is 5.75 Å². The van der Waals surface area contributed by atoms with Crippen molar-refractivity contribution in [2.24, 2.45) is 0 Å². The smallest absolute Gasteiger partial charge is 0.308 e. The molecule has 2 rings (SSSR count). The van der Waals surface area contributed by atoms with Crippen LogP contribution in [0.2, 0.25) is 0 Å². The van der Waals surface area contributed by atoms with Gasteiger partial charge in [0.25, 0.3) is 0 Å². The van der Waals surface area contributed by atoms with Crippen molar-refractivity contribution in [3.63, 3.8) is 0 Å². The molecule has 4 nitrogen and oxygen atoms in total. The lowest BCUT2D eigenvalue weighted by atomic mass is 10.0. The van der Waals surface area contributed by atoms with E-state index in [4.69, 9.17) is 9.47 Å². The number of rotatable bonds is 19. The fraction of sp³-hybridized carbons (Fsp3) is 0.594. The molecule has 0 aliphatic rings. The zero-order valence-electron chi connectivity index (χ0n) is 23.3. The Bertz CT molecular complexity index is 832. The first-order chi connectivity index (χ1) is 17.4. The minimum Gasteiger partial charge on any atom is -0.455 e. The summed E-state index contributed by atoms with van der Waals surface area (Å²) >= 11 is 0. The second-order valence-electron chi connectivity index (χ2n) is 10.7. The van der Waals surface area contributed by atoms with Gasteiger partial charge in [0.1, 0.15) is 12.3 Å². The van der Waals surface area contributed by atoms with E-state index in [1.54, 1.807) is 0 Å². The molecule has 2 aromatic rings. The fourth-order valence-electron chi connectivity index (χ4n) is 4.54. The third-order valence-corrected chi connectivity index (χ3v) is 6.64. The minimum atomic E-state index is -0.516. The largest absolute Gasteiger partial charge is 0.455 e. The number of unbranched alkanes of at least 4 members (excludes halogenated alkanes) is 6. The second-order valence-corrected chi connectivity index (χ2v) is 10.7. The van der Waals surface area contributed by atoms with Crippen molar-refractivity contribution in [3.05, 3.63) is 65.7 Å². The van der Waals surface area contributed by atoms with Crippen LogP contribution in [0.15, 0.2) is 54.6 Å². The Kier molecular flexibility index (Phi) is 14.3. The molecule has 200 valence electrons. The number of aryl methyl sites for hydroxylation is 1. The molecule has 0 amide bonds. The van der Waals surface area contributed by atoms with E-state index in [1.165, 1.54) is 49.7 Å². The first kappa shape index (κ1) is 29.9. The fourth-order valence-corrected chi connectivity index (χ4v) is 4.54. The molecular formula is C32H50NO3+. The van der Waals surface area contributed by atoms with Crippen molar-refractivity contribution < 1.29 is 18.8 Å². The molecule has 0 aliphatic heterocycles. The summed E-state index contributed by atoms with van der Waals surface area (Å²) in [6.45, 7) is 6.36. The first-order valence-electron chi connectivity index (χ1n) is 14.2. The van der Waals surface area contributed by atoms with Crippen LogP contribution in [0, 0.1) is 0 Å². The highest BCUT2D eigenvalue weighted by Gasteiger charge is 2.18. The van der Waals surface area contributed by atoms with Gasteiger partial charge in [-0.15, -0.1) is 0 Å². The lowest BCUT2D eigenvalue weighted by Crippen LogP contribution is -2.39. The number of hydrogen-bond acceptors (Lipinski definition) is 3. The number of benzene rings is 2. The molecule has 0 saturated heterocycles. The average Bonchev–Trinajstić information content (AvgIpc) is 2.85. The molecule has 36 heavy (non-hydrogen) atoms. The number of nitrogens with zero attached hydrogens (tertiary/aromatic N) is 1. The maximum atomic E-state index is 12.5. The van der Waals surface area contributed by atoms with Crippen LogP contribution in [-0.4, -0.2) is 37.4 Å². The van der Waals surface area contributed by atoms with E-state index in [2.05, 4.69) is 70.4 Å². The van der Waals surface area contributed by atoms with Gasteiger partial charge in [-0.3, -0.25) is 4.79 Å². The van der Waals surface area contributed by atoms with Gasteiger partial charge < -0.3 is 14.0 Å². The predicted octanol–water partition coefficient (Wildman–Crippen LogP) is 8.08. The van der Waals surface area contributed by atoms with E-state index in [1.807, 2.05) is 12.1 Å². The molecule has 0 aromatic heterocycles. The molecule has 2 aromatic carbocycles. The highest BCUT2D eigenvalue weighted by atomic mass is 16.7. The molecule has 0 heterocycles. The highest BCUT2D eigenvalue weighted by molar-refractivity contribution is 5.69. The summed E-state index contributed by atoms with van der Waals surface area (Å²) in [5, 5.41) is 0. The third-order valence-electron chi connectivity index (χ3n) is 6.64. The van der Waals surface area contributed by atoms with Crippen LogP contribution in [0.5, 0.6) is 5.75 Å². The van der Waals surface area contributed by atoms with E-state index < -0.39 is 6.29 Å². The molecule has 1 unspecified atom stereocenters. The van der Waals surface area contributed by atoms with Crippen molar-refractivity contribution in [1.29, 1.82) is 0 Å². The van der Waals surface area contributed by atoms with Crippen LogP contribution in [-0.2, 0) is 22.5 Å². The van der Waals surface area contributed by atoms with Gasteiger partial charge in [0.2, 0.25) is 6.29 Å². The molecule has 0 N–H and O–H groups in total. The lowest BCUT2D eigenvalue weighted by molar-refractivity contribution is -0.903. The summed E-state index contributed by atoms with van der Waals surface area (Å²) in [4.78, 5) is 12.5. The molecule has 0 aliphatic carbocycles. The number of carbonyl (C=O) groups is 1. The maximum absolute atomic E-state index is 12.5. The van der Waals surface area contributed by atoms with Crippen LogP contribution in [0.3, 0.4) is 0 Å². The number of hydrogen-bond donors (Lipinski definition) is 0. The molecule has 0 fully saturated rings. The van der Waals surface area contributed by atoms with Crippen LogP contribution in [0.1, 0.15) is 95.6 Å². The second kappa shape index (κ2) is 17.2. The molecule has 0 spiro atoms. The maximum Gasteiger partial charge on any atom is 0.308 e. The van der Waals surface area contributed by atoms with Gasteiger partial charge in [-0.2, -0.15) is 0 Å². The van der Waals surface area contributed by atoms with Gasteiger partial charge in [0.15, 0.2) is 0 Å². The van der Waals surface area contributed by atoms with Crippen molar-refractivity contribution in [2.45, 2.75) is 104 Å². The zero-order chi connectivity index (χ0) is 26.1. The van der Waals surface area contributed by atoms with Gasteiger partial charge in [-0.05, 0) is 49.8 Å². The Labute approximate surface area is 220 Å². The van der Waals surface area contributed by atoms with Gasteiger partial charge in [-0.1, -0.05) is 88.4 Å². The van der Waals surface area contributed by atoms with Gasteiger partial charge in [0, 0.05) is 18.4 Å². The number of quaternary nitrogens is 1. The SMILES string of the molecule is CCCCCCCCc1ccc(OC(CCC)OC(=O)CCCC[N+](C)(C)Cc2ccccc2)cc1. The summed E-state index contributed by atoms with van der Waals surface area (Å²) in [7, 11) is 4.49. The summed E-state index contributed by atoms with van der Waals surface area (Å²) in [5.41, 5.74) is 2.69. The van der Waals surface area contributed by atoms with E-state index in [9.17, 15) is 4.79 Å². The Hall–Kier alpha value is -2.33. The molecule has 0 bridgehead atoms. The summed E-state index contributed by atoms with van der Waals surface area (Å²) < 4.78 is 12.6. The van der Waals surface area contributed by atoms with E-state index in [0.29, 0.717) is 12.8 Å². The molecule has 4 heteroatoms. The van der Waals surface area contributed by atoms with Crippen molar-refractivity contribution >= 4 is 5.97 Å². The van der Waals surface area contributed by atoms with Gasteiger partial charge in [-0.25, -0.2) is 0 Å². The summed E-state index contributed by atoms with van der Waals surface area (Å²) in [5.74, 6) is 0.606. The van der Waals surface area contributed by atoms with Crippen molar-refractivity contribution in [1.82, 2.24) is 0 Å². The number of esters is 1. The third kappa shape index (κ3) is 13.1. The average molecular weight is 497 g/mol. The minimum absolute atomic E-state index is 0.165. The molecule has 0 radical (unpaired) electrons. The normalized spacial score (nSPS) is 12.3. The Morgan fingerprint density at radius 3 is 2.17 bits per heavy atom. The van der Waals surface area contributed by atoms with Gasteiger partial charge >= 0.3 is 5.97 Å². The van der Waals surface area contributed by atoms with E-state index >= 15 is 0 Å². The lowest BCUT2D eigenvalue weighted by Gasteiger charge is -2.30. The summed E-state index contributed by atoms with van der Waals surface area (Å²) in [6, 6.07) is 18.9. The standard InChI is InChI=1S/C32H50NO3/c1-5-7-8-9-10-12-18-28-22-24-30(25-23-28)35-32(17-6-2)36-31(34)21-15-16-26-33(3,4)27-29-19-13-11-14-20-29/h11,13-14,19-20,22-25,32H,5-10,12,15-18,21,26-27H2,1-4H3/q+1. The van der Waals surface area contributed by atoms with Gasteiger partial charge in [0.05, 0.1) is 20.6 Å². The highest BCUT2D eigenvalue weighted by Crippen LogP contribution is 2.19. The Balaban J connectivity index is 1.68. The Morgan fingerprint density at radius 1 is 0.778 bits per heavy atom. The first-order valence-corrected chi connectivity index (χ1v) is 14.2. The van der Waals surface area contributed by atoms with Crippen LogP contribution < -0.4 is 4.74 Å². The quantitative estimate of drug-likeness (QED) is 0.0853.